The van der Waals surface area contributed by atoms with E-state index in [1.807, 2.05) is 0 Å². The largest absolute Gasteiger partial charge is 0.378 e. The van der Waals surface area contributed by atoms with Crippen molar-refractivity contribution in [2.24, 2.45) is 5.10 Å². The van der Waals surface area contributed by atoms with E-state index in [0.29, 0.717) is 17.1 Å². The summed E-state index contributed by atoms with van der Waals surface area (Å²) in [5.74, 6) is -1.06. The second-order valence-corrected chi connectivity index (χ2v) is 8.33. The van der Waals surface area contributed by atoms with E-state index in [0.717, 1.165) is 4.68 Å². The van der Waals surface area contributed by atoms with Gasteiger partial charge < -0.3 is 5.73 Å². The highest BCUT2D eigenvalue weighted by Gasteiger charge is 2.26. The first-order chi connectivity index (χ1) is 19.7. The predicted octanol–water partition coefficient (Wildman–Crippen LogP) is 1.76. The maximum atomic E-state index is 13.2. The molecule has 5 aromatic rings. The molecule has 2 aromatic carbocycles. The Morgan fingerprint density at radius 2 is 1.66 bits per heavy atom. The highest BCUT2D eigenvalue weighted by molar-refractivity contribution is 6.01. The number of non-ortho nitro benzene ring substituents is 2. The Bertz CT molecular complexity index is 1840. The number of nitro groups is 2. The summed E-state index contributed by atoms with van der Waals surface area (Å²) >= 11 is 0. The van der Waals surface area contributed by atoms with E-state index in [1.54, 1.807) is 13.8 Å². The first-order valence-electron chi connectivity index (χ1n) is 11.5. The van der Waals surface area contributed by atoms with Gasteiger partial charge in [0.15, 0.2) is 5.69 Å². The fourth-order valence-electron chi connectivity index (χ4n) is 3.81. The van der Waals surface area contributed by atoms with Gasteiger partial charge in [0.25, 0.3) is 17.3 Å². The quantitative estimate of drug-likeness (QED) is 0.156. The summed E-state index contributed by atoms with van der Waals surface area (Å²) in [5.41, 5.74) is 9.51. The van der Waals surface area contributed by atoms with Crippen LogP contribution in [-0.2, 0) is 0 Å². The van der Waals surface area contributed by atoms with Crippen LogP contribution in [0.2, 0.25) is 0 Å². The van der Waals surface area contributed by atoms with Crippen LogP contribution in [0, 0.1) is 27.2 Å². The van der Waals surface area contributed by atoms with Gasteiger partial charge >= 0.3 is 0 Å². The van der Waals surface area contributed by atoms with Gasteiger partial charge in [0, 0.05) is 29.8 Å². The van der Waals surface area contributed by atoms with Crippen molar-refractivity contribution in [3.8, 4) is 22.8 Å². The number of nitrogens with one attached hydrogen (secondary N) is 1. The van der Waals surface area contributed by atoms with Crippen LogP contribution in [0.15, 0.2) is 58.3 Å². The van der Waals surface area contributed by atoms with Gasteiger partial charge in [-0.15, -0.1) is 10.2 Å². The molecule has 3 N–H and O–H groups in total. The van der Waals surface area contributed by atoms with E-state index >= 15 is 0 Å². The normalized spacial score (nSPS) is 11.4. The zero-order chi connectivity index (χ0) is 29.3. The SMILES string of the molecule is C/C(=N\NC(=O)c1nnn(-c2nonc2N)c1-c1cccc([N+](=O)[O-])c1)c1nnn(-c2ccc([N+](=O)[O-])cc2)c1C. The van der Waals surface area contributed by atoms with Crippen LogP contribution >= 0.6 is 0 Å². The number of anilines is 1. The molecule has 0 saturated carbocycles. The van der Waals surface area contributed by atoms with Crippen molar-refractivity contribution in [3.05, 3.63) is 85.8 Å². The number of nitro benzene ring substituents is 2. The number of benzene rings is 2. The van der Waals surface area contributed by atoms with Crippen molar-refractivity contribution in [1.29, 1.82) is 0 Å². The van der Waals surface area contributed by atoms with Gasteiger partial charge in [-0.25, -0.2) is 14.7 Å². The minimum atomic E-state index is -0.812. The van der Waals surface area contributed by atoms with Crippen molar-refractivity contribution in [3.63, 3.8) is 0 Å². The Balaban J connectivity index is 1.46. The second kappa shape index (κ2) is 10.4. The number of nitrogen functional groups attached to an aromatic ring is 1. The van der Waals surface area contributed by atoms with Gasteiger partial charge in [-0.05, 0) is 36.3 Å². The van der Waals surface area contributed by atoms with Gasteiger partial charge in [-0.2, -0.15) is 9.78 Å². The molecular formula is C22H17N13O6. The summed E-state index contributed by atoms with van der Waals surface area (Å²) in [7, 11) is 0. The molecular weight excluding hydrogens is 542 g/mol. The molecule has 3 aromatic heterocycles. The third kappa shape index (κ3) is 4.92. The van der Waals surface area contributed by atoms with Crippen LogP contribution in [0.3, 0.4) is 0 Å². The number of carbonyl (C=O) groups is 1. The fourth-order valence-corrected chi connectivity index (χ4v) is 3.81. The van der Waals surface area contributed by atoms with E-state index in [2.05, 4.69) is 46.1 Å². The van der Waals surface area contributed by atoms with Gasteiger partial charge in [0.2, 0.25) is 11.6 Å². The van der Waals surface area contributed by atoms with Gasteiger partial charge in [-0.3, -0.25) is 25.0 Å². The standard InChI is InChI=1S/C22H17N13O6/c1-11(17-12(2)32(30-25-17)14-6-8-15(9-7-14)34(37)38)24-27-22(36)18-19(13-4-3-5-16(10-13)35(39)40)33(31-26-18)21-20(23)28-41-29-21/h3-10H,1-2H3,(H2,23,28)(H,27,36)/b24-11+. The number of carbonyl (C=O) groups excluding carboxylic acids is 1. The Morgan fingerprint density at radius 3 is 2.32 bits per heavy atom. The third-order valence-electron chi connectivity index (χ3n) is 5.78. The molecule has 0 aliphatic heterocycles. The van der Waals surface area contributed by atoms with E-state index in [9.17, 15) is 25.0 Å². The van der Waals surface area contributed by atoms with Crippen LogP contribution in [0.4, 0.5) is 17.2 Å². The smallest absolute Gasteiger partial charge is 0.294 e. The summed E-state index contributed by atoms with van der Waals surface area (Å²) in [6, 6.07) is 11.2. The monoisotopic (exact) mass is 559 g/mol. The maximum absolute atomic E-state index is 13.2. The highest BCUT2D eigenvalue weighted by Crippen LogP contribution is 2.29. The lowest BCUT2D eigenvalue weighted by molar-refractivity contribution is -0.385. The summed E-state index contributed by atoms with van der Waals surface area (Å²) in [6.07, 6.45) is 0. The molecule has 19 nitrogen and oxygen atoms in total. The number of aromatic nitrogens is 8. The molecule has 0 aliphatic carbocycles. The zero-order valence-corrected chi connectivity index (χ0v) is 21.1. The van der Waals surface area contributed by atoms with Crippen LogP contribution in [0.5, 0.6) is 0 Å². The number of hydrazone groups is 1. The van der Waals surface area contributed by atoms with E-state index in [1.165, 1.54) is 53.2 Å². The van der Waals surface area contributed by atoms with Crippen molar-refractivity contribution < 1.29 is 19.3 Å². The third-order valence-corrected chi connectivity index (χ3v) is 5.78. The second-order valence-electron chi connectivity index (χ2n) is 8.33. The molecule has 3 heterocycles. The van der Waals surface area contributed by atoms with E-state index in [4.69, 9.17) is 5.73 Å². The maximum Gasteiger partial charge on any atom is 0.294 e. The molecule has 0 spiro atoms. The van der Waals surface area contributed by atoms with Gasteiger partial charge in [0.1, 0.15) is 11.4 Å². The van der Waals surface area contributed by atoms with Gasteiger partial charge in [-0.1, -0.05) is 22.6 Å². The summed E-state index contributed by atoms with van der Waals surface area (Å²) in [6.45, 7) is 3.29. The van der Waals surface area contributed by atoms with Crippen LogP contribution in [-0.4, -0.2) is 61.8 Å². The molecule has 0 bridgehead atoms. The molecule has 0 atom stereocenters. The average molecular weight is 559 g/mol. The number of hydrogen-bond acceptors (Lipinski definition) is 14. The van der Waals surface area contributed by atoms with Gasteiger partial charge in [0.05, 0.1) is 26.9 Å². The molecule has 41 heavy (non-hydrogen) atoms. The van der Waals surface area contributed by atoms with Crippen molar-refractivity contribution >= 4 is 28.8 Å². The molecule has 0 unspecified atom stereocenters. The molecule has 0 aliphatic rings. The lowest BCUT2D eigenvalue weighted by Gasteiger charge is -2.06. The first-order valence-corrected chi connectivity index (χ1v) is 11.5. The van der Waals surface area contributed by atoms with Crippen LogP contribution < -0.4 is 11.2 Å². The minimum absolute atomic E-state index is 0.0155. The summed E-state index contributed by atoms with van der Waals surface area (Å²) in [5, 5.41) is 49.6. The Hall–Kier alpha value is -6.40. The Morgan fingerprint density at radius 1 is 0.976 bits per heavy atom. The molecule has 0 saturated heterocycles. The lowest BCUT2D eigenvalue weighted by atomic mass is 10.1. The molecule has 1 amide bonds. The van der Waals surface area contributed by atoms with E-state index in [-0.39, 0.29) is 45.7 Å². The molecule has 0 radical (unpaired) electrons. The Kier molecular flexibility index (Phi) is 6.65. The summed E-state index contributed by atoms with van der Waals surface area (Å²) in [4.78, 5) is 34.4. The minimum Gasteiger partial charge on any atom is -0.378 e. The number of rotatable bonds is 8. The Labute approximate surface area is 227 Å². The highest BCUT2D eigenvalue weighted by atomic mass is 16.6. The molecule has 5 rings (SSSR count). The fraction of sp³-hybridized carbons (Fsp3) is 0.0909. The van der Waals surface area contributed by atoms with Crippen molar-refractivity contribution in [1.82, 2.24) is 45.7 Å². The number of hydrogen-bond donors (Lipinski definition) is 2. The van der Waals surface area contributed by atoms with E-state index < -0.39 is 15.8 Å². The van der Waals surface area contributed by atoms with Crippen molar-refractivity contribution in [2.45, 2.75) is 13.8 Å². The number of nitrogens with zero attached hydrogens (tertiary/aromatic N) is 11. The topological polar surface area (TPSA) is 254 Å². The lowest BCUT2D eigenvalue weighted by Crippen LogP contribution is -2.21. The van der Waals surface area contributed by atoms with Crippen molar-refractivity contribution in [2.75, 3.05) is 5.73 Å². The van der Waals surface area contributed by atoms with Crippen LogP contribution in [0.25, 0.3) is 22.8 Å². The molecule has 19 heteroatoms. The summed E-state index contributed by atoms with van der Waals surface area (Å²) < 4.78 is 7.15. The average Bonchev–Trinajstić information content (AvgIpc) is 3.69. The number of amides is 1. The van der Waals surface area contributed by atoms with Crippen LogP contribution in [0.1, 0.15) is 28.8 Å². The molecule has 206 valence electrons. The zero-order valence-electron chi connectivity index (χ0n) is 21.1. The predicted molar refractivity (Wildman–Crippen MR) is 138 cm³/mol. The molecule has 0 fully saturated rings. The first kappa shape index (κ1) is 26.2. The number of nitrogens with two attached hydrogens (primary N) is 1.